The molecule has 0 bridgehead atoms. The van der Waals surface area contributed by atoms with Crippen LogP contribution in [0.15, 0.2) is 45.7 Å². The number of thiazole rings is 1. The molecule has 0 saturated heterocycles. The molecule has 0 spiro atoms. The second kappa shape index (κ2) is 5.10. The zero-order valence-corrected chi connectivity index (χ0v) is 12.0. The molecular weight excluding hydrogens is 284 g/mol. The maximum Gasteiger partial charge on any atom is 0.280 e. The third-order valence-electron chi connectivity index (χ3n) is 2.47. The lowest BCUT2D eigenvalue weighted by atomic mass is 10.2. The smallest absolute Gasteiger partial charge is 0.280 e. The van der Waals surface area contributed by atoms with Crippen molar-refractivity contribution in [3.05, 3.63) is 46.2 Å². The Hall–Kier alpha value is -1.73. The summed E-state index contributed by atoms with van der Waals surface area (Å²) in [7, 11) is -1.68. The van der Waals surface area contributed by atoms with Gasteiger partial charge in [-0.15, -0.1) is 11.3 Å². The Morgan fingerprint density at radius 1 is 1.32 bits per heavy atom. The number of carbonyl (C=O) groups is 1. The van der Waals surface area contributed by atoms with Gasteiger partial charge >= 0.3 is 0 Å². The zero-order valence-electron chi connectivity index (χ0n) is 10.4. The first-order valence-electron chi connectivity index (χ1n) is 5.38. The molecular formula is C12H12N2O3S2. The first-order valence-corrected chi connectivity index (χ1v) is 8.15. The number of aromatic nitrogens is 1. The summed E-state index contributed by atoms with van der Waals surface area (Å²) in [6, 6.07) is 6.08. The highest BCUT2D eigenvalue weighted by Crippen LogP contribution is 2.16. The summed E-state index contributed by atoms with van der Waals surface area (Å²) in [6.45, 7) is 0. The number of aryl methyl sites for hydroxylation is 1. The van der Waals surface area contributed by atoms with E-state index in [0.717, 1.165) is 6.26 Å². The molecule has 0 aliphatic rings. The standard InChI is InChI=1S/C12H12N2O3S2/c1-14-7-8-18-12(14)13-11(15)9-5-3-4-6-10(9)19(2,16)17/h3-8H,1-2H3. The Kier molecular flexibility index (Phi) is 3.68. The van der Waals surface area contributed by atoms with E-state index in [1.165, 1.54) is 23.5 Å². The summed E-state index contributed by atoms with van der Waals surface area (Å²) in [5.74, 6) is -0.556. The molecule has 0 atom stereocenters. The molecule has 2 rings (SSSR count). The van der Waals surface area contributed by atoms with Crippen LogP contribution in [0, 0.1) is 0 Å². The number of hydrogen-bond donors (Lipinski definition) is 0. The van der Waals surface area contributed by atoms with Crippen molar-refractivity contribution in [2.45, 2.75) is 4.90 Å². The van der Waals surface area contributed by atoms with E-state index in [1.807, 2.05) is 0 Å². The van der Waals surface area contributed by atoms with Gasteiger partial charge < -0.3 is 4.57 Å². The van der Waals surface area contributed by atoms with Crippen molar-refractivity contribution in [1.82, 2.24) is 4.57 Å². The number of sulfone groups is 1. The van der Waals surface area contributed by atoms with Gasteiger partial charge in [-0.3, -0.25) is 4.79 Å². The number of benzene rings is 1. The summed E-state index contributed by atoms with van der Waals surface area (Å²) in [6.07, 6.45) is 2.85. The van der Waals surface area contributed by atoms with Crippen molar-refractivity contribution >= 4 is 27.1 Å². The summed E-state index contributed by atoms with van der Waals surface area (Å²) >= 11 is 1.31. The number of carbonyl (C=O) groups excluding carboxylic acids is 1. The fraction of sp³-hybridized carbons (Fsp3) is 0.167. The van der Waals surface area contributed by atoms with Crippen LogP contribution in [-0.2, 0) is 16.9 Å². The average molecular weight is 296 g/mol. The average Bonchev–Trinajstić information content (AvgIpc) is 2.74. The molecule has 0 unspecified atom stereocenters. The molecule has 0 N–H and O–H groups in total. The first kappa shape index (κ1) is 13.7. The Morgan fingerprint density at radius 2 is 2.00 bits per heavy atom. The largest absolute Gasteiger partial charge is 0.327 e. The molecule has 7 heteroatoms. The molecule has 1 amide bonds. The molecule has 1 aromatic carbocycles. The third-order valence-corrected chi connectivity index (χ3v) is 4.48. The van der Waals surface area contributed by atoms with Gasteiger partial charge in [-0.1, -0.05) is 12.1 Å². The maximum atomic E-state index is 12.1. The molecule has 0 fully saturated rings. The summed E-state index contributed by atoms with van der Waals surface area (Å²) in [5, 5.41) is 1.80. The lowest BCUT2D eigenvalue weighted by Crippen LogP contribution is -2.14. The Bertz CT molecular complexity index is 785. The van der Waals surface area contributed by atoms with E-state index in [-0.39, 0.29) is 10.5 Å². The van der Waals surface area contributed by atoms with E-state index in [4.69, 9.17) is 0 Å². The quantitative estimate of drug-likeness (QED) is 0.837. The fourth-order valence-corrected chi connectivity index (χ4v) is 3.16. The highest BCUT2D eigenvalue weighted by atomic mass is 32.2. The Labute approximate surface area is 114 Å². The summed E-state index contributed by atoms with van der Waals surface area (Å²) in [4.78, 5) is 16.6. The number of nitrogens with zero attached hydrogens (tertiary/aromatic N) is 2. The number of amides is 1. The second-order valence-electron chi connectivity index (χ2n) is 3.98. The molecule has 100 valence electrons. The predicted octanol–water partition coefficient (Wildman–Crippen LogP) is 1.23. The van der Waals surface area contributed by atoms with Crippen molar-refractivity contribution in [2.75, 3.05) is 6.26 Å². The molecule has 0 saturated carbocycles. The van der Waals surface area contributed by atoms with Crippen LogP contribution < -0.4 is 4.80 Å². The minimum Gasteiger partial charge on any atom is -0.327 e. The number of hydrogen-bond acceptors (Lipinski definition) is 4. The van der Waals surface area contributed by atoms with Gasteiger partial charge in [-0.05, 0) is 12.1 Å². The van der Waals surface area contributed by atoms with Crippen molar-refractivity contribution in [3.63, 3.8) is 0 Å². The van der Waals surface area contributed by atoms with Crippen LogP contribution in [0.3, 0.4) is 0 Å². The summed E-state index contributed by atoms with van der Waals surface area (Å²) < 4.78 is 25.0. The molecule has 19 heavy (non-hydrogen) atoms. The van der Waals surface area contributed by atoms with E-state index < -0.39 is 15.7 Å². The molecule has 5 nitrogen and oxygen atoms in total. The third kappa shape index (κ3) is 2.99. The highest BCUT2D eigenvalue weighted by molar-refractivity contribution is 7.90. The van der Waals surface area contributed by atoms with Crippen molar-refractivity contribution in [2.24, 2.45) is 12.0 Å². The highest BCUT2D eigenvalue weighted by Gasteiger charge is 2.17. The minimum absolute atomic E-state index is 0.00274. The minimum atomic E-state index is -3.45. The van der Waals surface area contributed by atoms with Gasteiger partial charge in [0, 0.05) is 24.9 Å². The van der Waals surface area contributed by atoms with Crippen molar-refractivity contribution < 1.29 is 13.2 Å². The fourth-order valence-electron chi connectivity index (χ4n) is 1.55. The van der Waals surface area contributed by atoms with E-state index in [1.54, 1.807) is 35.3 Å². The number of rotatable bonds is 2. The molecule has 1 heterocycles. The van der Waals surface area contributed by atoms with Gasteiger partial charge in [0.05, 0.1) is 10.5 Å². The van der Waals surface area contributed by atoms with Gasteiger partial charge in [0.15, 0.2) is 14.6 Å². The first-order chi connectivity index (χ1) is 8.89. The van der Waals surface area contributed by atoms with Crippen LogP contribution >= 0.6 is 11.3 Å². The van der Waals surface area contributed by atoms with Crippen LogP contribution in [0.1, 0.15) is 10.4 Å². The second-order valence-corrected chi connectivity index (χ2v) is 6.84. The van der Waals surface area contributed by atoms with E-state index in [9.17, 15) is 13.2 Å². The van der Waals surface area contributed by atoms with E-state index in [0.29, 0.717) is 4.80 Å². The molecule has 2 aromatic rings. The molecule has 0 radical (unpaired) electrons. The van der Waals surface area contributed by atoms with Crippen LogP contribution in [0.4, 0.5) is 0 Å². The van der Waals surface area contributed by atoms with Crippen LogP contribution in [0.5, 0.6) is 0 Å². The normalized spacial score (nSPS) is 12.6. The van der Waals surface area contributed by atoms with Gasteiger partial charge in [-0.25, -0.2) is 8.42 Å². The van der Waals surface area contributed by atoms with Gasteiger partial charge in [-0.2, -0.15) is 4.99 Å². The van der Waals surface area contributed by atoms with Crippen LogP contribution in [0.2, 0.25) is 0 Å². The lowest BCUT2D eigenvalue weighted by molar-refractivity contribution is 0.0994. The Balaban J connectivity index is 2.56. The predicted molar refractivity (Wildman–Crippen MR) is 72.7 cm³/mol. The monoisotopic (exact) mass is 296 g/mol. The Morgan fingerprint density at radius 3 is 2.58 bits per heavy atom. The topological polar surface area (TPSA) is 68.5 Å². The van der Waals surface area contributed by atoms with Gasteiger partial charge in [0.2, 0.25) is 0 Å². The van der Waals surface area contributed by atoms with Gasteiger partial charge in [0.25, 0.3) is 5.91 Å². The van der Waals surface area contributed by atoms with Crippen LogP contribution in [0.25, 0.3) is 0 Å². The lowest BCUT2D eigenvalue weighted by Gasteiger charge is -2.03. The maximum absolute atomic E-state index is 12.1. The van der Waals surface area contributed by atoms with Crippen LogP contribution in [-0.4, -0.2) is 25.1 Å². The zero-order chi connectivity index (χ0) is 14.0. The van der Waals surface area contributed by atoms with Crippen molar-refractivity contribution in [1.29, 1.82) is 0 Å². The van der Waals surface area contributed by atoms with E-state index in [2.05, 4.69) is 4.99 Å². The summed E-state index contributed by atoms with van der Waals surface area (Å²) in [5.41, 5.74) is 0.0957. The molecule has 1 aromatic heterocycles. The molecule has 0 aliphatic carbocycles. The SMILES string of the molecule is Cn1ccsc1=NC(=O)c1ccccc1S(C)(=O)=O. The van der Waals surface area contributed by atoms with E-state index >= 15 is 0 Å². The van der Waals surface area contributed by atoms with Gasteiger partial charge in [0.1, 0.15) is 0 Å². The van der Waals surface area contributed by atoms with Crippen molar-refractivity contribution in [3.8, 4) is 0 Å². The molecule has 0 aliphatic heterocycles.